The number of benzene rings is 1. The highest BCUT2D eigenvalue weighted by atomic mass is 16.2. The van der Waals surface area contributed by atoms with E-state index in [2.05, 4.69) is 27.2 Å². The van der Waals surface area contributed by atoms with Gasteiger partial charge in [0, 0.05) is 30.2 Å². The molecular formula is C22H25N5O. The molecule has 1 aliphatic rings. The zero-order valence-corrected chi connectivity index (χ0v) is 16.4. The van der Waals surface area contributed by atoms with Crippen LogP contribution >= 0.6 is 0 Å². The van der Waals surface area contributed by atoms with Gasteiger partial charge in [-0.15, -0.1) is 0 Å². The first-order valence-corrected chi connectivity index (χ1v) is 9.93. The van der Waals surface area contributed by atoms with Crippen molar-refractivity contribution in [2.24, 2.45) is 0 Å². The topological polar surface area (TPSA) is 71.0 Å². The zero-order valence-electron chi connectivity index (χ0n) is 16.4. The maximum absolute atomic E-state index is 13.1. The Bertz CT molecular complexity index is 998. The molecule has 28 heavy (non-hydrogen) atoms. The number of anilines is 2. The molecule has 0 spiro atoms. The third-order valence-electron chi connectivity index (χ3n) is 5.31. The molecule has 144 valence electrons. The van der Waals surface area contributed by atoms with Crippen molar-refractivity contribution >= 4 is 28.3 Å². The van der Waals surface area contributed by atoms with Crippen LogP contribution in [-0.2, 0) is 0 Å². The number of aryl methyl sites for hydroxylation is 1. The van der Waals surface area contributed by atoms with Crippen molar-refractivity contribution in [3.63, 3.8) is 0 Å². The molecule has 0 bridgehead atoms. The number of hydrogen-bond donors (Lipinski definition) is 1. The summed E-state index contributed by atoms with van der Waals surface area (Å²) in [6, 6.07) is 12.0. The summed E-state index contributed by atoms with van der Waals surface area (Å²) in [5, 5.41) is 4.38. The molecule has 1 unspecified atom stereocenters. The highest BCUT2D eigenvalue weighted by Gasteiger charge is 2.27. The molecule has 1 saturated heterocycles. The lowest BCUT2D eigenvalue weighted by Gasteiger charge is -2.35. The highest BCUT2D eigenvalue weighted by Crippen LogP contribution is 2.25. The fraction of sp³-hybridized carbons (Fsp3) is 0.364. The van der Waals surface area contributed by atoms with Crippen LogP contribution < -0.4 is 5.32 Å². The number of piperidine rings is 1. The number of hydrogen-bond acceptors (Lipinski definition) is 5. The predicted molar refractivity (Wildman–Crippen MR) is 111 cm³/mol. The Hall–Kier alpha value is -3.02. The summed E-state index contributed by atoms with van der Waals surface area (Å²) in [6.07, 6.45) is 6.06. The SMILES string of the molecule is CCC1CCCCN1C(=O)c1cc(Nc2cccc3cccnc23)nc(C)n1. The minimum Gasteiger partial charge on any atom is -0.338 e. The molecule has 1 aromatic carbocycles. The second-order valence-corrected chi connectivity index (χ2v) is 7.25. The number of nitrogens with zero attached hydrogens (tertiary/aromatic N) is 4. The van der Waals surface area contributed by atoms with Gasteiger partial charge in [-0.3, -0.25) is 9.78 Å². The third-order valence-corrected chi connectivity index (χ3v) is 5.31. The van der Waals surface area contributed by atoms with Gasteiger partial charge in [-0.2, -0.15) is 0 Å². The van der Waals surface area contributed by atoms with E-state index < -0.39 is 0 Å². The molecule has 1 fully saturated rings. The molecule has 3 heterocycles. The average Bonchev–Trinajstić information content (AvgIpc) is 2.73. The van der Waals surface area contributed by atoms with Crippen LogP contribution in [0.25, 0.3) is 10.9 Å². The molecule has 6 heteroatoms. The number of para-hydroxylation sites is 1. The van der Waals surface area contributed by atoms with Crippen molar-refractivity contribution in [3.05, 3.63) is 54.1 Å². The number of carbonyl (C=O) groups excluding carboxylic acids is 1. The Morgan fingerprint density at radius 1 is 1.21 bits per heavy atom. The summed E-state index contributed by atoms with van der Waals surface area (Å²) in [7, 11) is 0. The molecule has 1 atom stereocenters. The molecule has 0 saturated carbocycles. The van der Waals surface area contributed by atoms with Crippen molar-refractivity contribution in [1.29, 1.82) is 0 Å². The summed E-state index contributed by atoms with van der Waals surface area (Å²) in [6.45, 7) is 4.76. The van der Waals surface area contributed by atoms with E-state index in [1.54, 1.807) is 12.3 Å². The molecule has 1 N–H and O–H groups in total. The molecule has 1 amide bonds. The average molecular weight is 375 g/mol. The number of likely N-dealkylation sites (tertiary alicyclic amines) is 1. The number of aromatic nitrogens is 3. The third kappa shape index (κ3) is 3.67. The zero-order chi connectivity index (χ0) is 19.5. The highest BCUT2D eigenvalue weighted by molar-refractivity contribution is 5.94. The molecule has 6 nitrogen and oxygen atoms in total. The van der Waals surface area contributed by atoms with Crippen molar-refractivity contribution in [2.45, 2.75) is 45.6 Å². The first kappa shape index (κ1) is 18.3. The maximum atomic E-state index is 13.1. The standard InChI is InChI=1S/C22H25N5O/c1-3-17-10-4-5-13-27(17)22(28)19-14-20(25-15(2)24-19)26-18-11-6-8-16-9-7-12-23-21(16)18/h6-9,11-12,14,17H,3-5,10,13H2,1-2H3,(H,24,25,26). The second-order valence-electron chi connectivity index (χ2n) is 7.25. The van der Waals surface area contributed by atoms with Crippen LogP contribution in [0.15, 0.2) is 42.6 Å². The van der Waals surface area contributed by atoms with E-state index in [1.807, 2.05) is 42.2 Å². The van der Waals surface area contributed by atoms with Crippen LogP contribution in [0.1, 0.15) is 48.9 Å². The van der Waals surface area contributed by atoms with E-state index in [0.29, 0.717) is 23.4 Å². The largest absolute Gasteiger partial charge is 0.338 e. The lowest BCUT2D eigenvalue weighted by Crippen LogP contribution is -2.43. The Labute approximate surface area is 165 Å². The van der Waals surface area contributed by atoms with E-state index in [0.717, 1.165) is 42.4 Å². The van der Waals surface area contributed by atoms with Crippen LogP contribution in [0.2, 0.25) is 0 Å². The van der Waals surface area contributed by atoms with Crippen LogP contribution in [0.4, 0.5) is 11.5 Å². The molecule has 2 aromatic heterocycles. The van der Waals surface area contributed by atoms with Gasteiger partial charge in [-0.25, -0.2) is 9.97 Å². The van der Waals surface area contributed by atoms with Crippen molar-refractivity contribution < 1.29 is 4.79 Å². The Balaban J connectivity index is 1.64. The normalized spacial score (nSPS) is 16.9. The van der Waals surface area contributed by atoms with E-state index in [1.165, 1.54) is 6.42 Å². The fourth-order valence-electron chi connectivity index (χ4n) is 3.92. The van der Waals surface area contributed by atoms with Crippen molar-refractivity contribution in [2.75, 3.05) is 11.9 Å². The first-order chi connectivity index (χ1) is 13.7. The fourth-order valence-corrected chi connectivity index (χ4v) is 3.92. The van der Waals surface area contributed by atoms with Gasteiger partial charge in [0.2, 0.25) is 0 Å². The minimum atomic E-state index is -0.00357. The quantitative estimate of drug-likeness (QED) is 0.728. The van der Waals surface area contributed by atoms with Gasteiger partial charge in [0.05, 0.1) is 11.2 Å². The maximum Gasteiger partial charge on any atom is 0.272 e. The van der Waals surface area contributed by atoms with Gasteiger partial charge in [-0.1, -0.05) is 25.1 Å². The summed E-state index contributed by atoms with van der Waals surface area (Å²) < 4.78 is 0. The molecule has 0 radical (unpaired) electrons. The van der Waals surface area contributed by atoms with Gasteiger partial charge >= 0.3 is 0 Å². The van der Waals surface area contributed by atoms with Gasteiger partial charge in [0.25, 0.3) is 5.91 Å². The first-order valence-electron chi connectivity index (χ1n) is 9.93. The summed E-state index contributed by atoms with van der Waals surface area (Å²) in [4.78, 5) is 28.5. The van der Waals surface area contributed by atoms with Crippen LogP contribution in [0.3, 0.4) is 0 Å². The minimum absolute atomic E-state index is 0.00357. The van der Waals surface area contributed by atoms with Crippen LogP contribution in [0, 0.1) is 6.92 Å². The molecule has 3 aromatic rings. The number of nitrogens with one attached hydrogen (secondary N) is 1. The second kappa shape index (κ2) is 7.92. The van der Waals surface area contributed by atoms with Crippen molar-refractivity contribution in [3.8, 4) is 0 Å². The number of rotatable bonds is 4. The van der Waals surface area contributed by atoms with Crippen LogP contribution in [0.5, 0.6) is 0 Å². The molecule has 1 aliphatic heterocycles. The molecule has 4 rings (SSSR count). The van der Waals surface area contributed by atoms with Gasteiger partial charge in [-0.05, 0) is 44.7 Å². The van der Waals surface area contributed by atoms with E-state index in [9.17, 15) is 4.79 Å². The number of amides is 1. The van der Waals surface area contributed by atoms with E-state index in [-0.39, 0.29) is 5.91 Å². The Kier molecular flexibility index (Phi) is 5.19. The summed E-state index contributed by atoms with van der Waals surface area (Å²) in [5.74, 6) is 1.18. The lowest BCUT2D eigenvalue weighted by molar-refractivity contribution is 0.0601. The predicted octanol–water partition coefficient (Wildman–Crippen LogP) is 4.48. The monoisotopic (exact) mass is 375 g/mol. The summed E-state index contributed by atoms with van der Waals surface area (Å²) in [5.41, 5.74) is 2.18. The van der Waals surface area contributed by atoms with Gasteiger partial charge in [0.15, 0.2) is 0 Å². The lowest BCUT2D eigenvalue weighted by atomic mass is 9.99. The van der Waals surface area contributed by atoms with Gasteiger partial charge in [0.1, 0.15) is 17.3 Å². The summed E-state index contributed by atoms with van der Waals surface area (Å²) >= 11 is 0. The van der Waals surface area contributed by atoms with Crippen LogP contribution in [-0.4, -0.2) is 38.3 Å². The van der Waals surface area contributed by atoms with E-state index in [4.69, 9.17) is 0 Å². The molecule has 0 aliphatic carbocycles. The Morgan fingerprint density at radius 2 is 2.07 bits per heavy atom. The number of pyridine rings is 1. The van der Waals surface area contributed by atoms with E-state index >= 15 is 0 Å². The molecular weight excluding hydrogens is 350 g/mol. The number of fused-ring (bicyclic) bond motifs is 1. The smallest absolute Gasteiger partial charge is 0.272 e. The Morgan fingerprint density at radius 3 is 2.93 bits per heavy atom. The van der Waals surface area contributed by atoms with Crippen molar-refractivity contribution in [1.82, 2.24) is 19.9 Å². The number of carbonyl (C=O) groups is 1. The van der Waals surface area contributed by atoms with Gasteiger partial charge < -0.3 is 10.2 Å².